The fourth-order valence-corrected chi connectivity index (χ4v) is 11.9. The first-order valence-electron chi connectivity index (χ1n) is 19.7. The number of aromatic nitrogens is 3. The van der Waals surface area contributed by atoms with E-state index in [1.807, 2.05) is 38.1 Å². The van der Waals surface area contributed by atoms with E-state index in [2.05, 4.69) is 29.1 Å². The summed E-state index contributed by atoms with van der Waals surface area (Å²) in [6, 6.07) is 15.5. The van der Waals surface area contributed by atoms with Gasteiger partial charge in [-0.2, -0.15) is 39.4 Å². The smallest absolute Gasteiger partial charge is 0.267 e. The average Bonchev–Trinajstić information content (AvgIpc) is 3.21. The number of anilines is 4. The van der Waals surface area contributed by atoms with Gasteiger partial charge in [0, 0.05) is 51.5 Å². The Morgan fingerprint density at radius 1 is 0.508 bits per heavy atom. The van der Waals surface area contributed by atoms with Crippen LogP contribution < -0.4 is 31.4 Å². The first-order chi connectivity index (χ1) is 28.8. The van der Waals surface area contributed by atoms with Crippen LogP contribution >= 0.6 is 0 Å². The molecule has 4 aliphatic heterocycles. The molecule has 8 rings (SSSR count). The van der Waals surface area contributed by atoms with Crippen molar-refractivity contribution in [3.63, 3.8) is 0 Å². The number of halogens is 1. The van der Waals surface area contributed by atoms with Crippen LogP contribution in [0.15, 0.2) is 73.2 Å². The van der Waals surface area contributed by atoms with Gasteiger partial charge in [0.15, 0.2) is 0 Å². The van der Waals surface area contributed by atoms with Crippen LogP contribution in [0.4, 0.5) is 27.1 Å². The molecule has 0 aliphatic carbocycles. The third kappa shape index (κ3) is 13.0. The normalized spacial score (nSPS) is 20.1. The lowest BCUT2D eigenvalue weighted by Gasteiger charge is -2.28. The summed E-state index contributed by atoms with van der Waals surface area (Å²) >= 11 is 0. The van der Waals surface area contributed by atoms with Crippen LogP contribution in [0.5, 0.6) is 0 Å². The standard InChI is InChI=1S/C10H13FN2O2S.C10H14N2O2S.2C9H13N3O2S/c1-8-3-4-9(7-10(8)11)13-6-2-5-12-16(13,14)15;1-9-3-5-10(6-4-9)12-8-2-7-11-15(12,13)14;1-8-3-4-9(7-10-8)12-6-2-5-11-15(12,13)14;1-8-10-6-9(7-11-8)12-4-2-3-5-15(12,13)14/h3-4,7,12H,2,5-6H2,1H3;3-6,11H,2,7-8H2,1H3;3-4,7,11H,2,5-6H2,1H3;6-7H,2-5H2,1H3. The minimum atomic E-state index is -3.49. The highest BCUT2D eigenvalue weighted by Gasteiger charge is 2.28. The second kappa shape index (κ2) is 20.6. The zero-order valence-electron chi connectivity index (χ0n) is 34.5. The summed E-state index contributed by atoms with van der Waals surface area (Å²) in [5, 5.41) is 0. The van der Waals surface area contributed by atoms with E-state index >= 15 is 0 Å². The van der Waals surface area contributed by atoms with E-state index in [0.29, 0.717) is 80.7 Å². The lowest BCUT2D eigenvalue weighted by atomic mass is 10.2. The lowest BCUT2D eigenvalue weighted by molar-refractivity contribution is 0.558. The SMILES string of the molecule is Cc1ccc(N2CCCNS2(=O)=O)cc1.Cc1ccc(N2CCCNS2(=O)=O)cc1F.Cc1ccc(N2CCCNS2(=O)=O)cn1.Cc1ncc(N2CCCCS2(=O)=O)cn1. The van der Waals surface area contributed by atoms with Gasteiger partial charge in [-0.3, -0.25) is 22.2 Å². The Balaban J connectivity index is 0.000000154. The van der Waals surface area contributed by atoms with Crippen molar-refractivity contribution in [2.45, 2.75) is 59.8 Å². The number of hydrogen-bond acceptors (Lipinski definition) is 11. The molecule has 2 aromatic carbocycles. The third-order valence-corrected chi connectivity index (χ3v) is 16.2. The van der Waals surface area contributed by atoms with Gasteiger partial charge in [-0.15, -0.1) is 0 Å². The summed E-state index contributed by atoms with van der Waals surface area (Å²) in [7, 11) is -13.3. The fourth-order valence-electron chi connectivity index (χ4n) is 6.32. The van der Waals surface area contributed by atoms with Crippen molar-refractivity contribution < 1.29 is 38.1 Å². The van der Waals surface area contributed by atoms with Crippen LogP contribution in [0.25, 0.3) is 0 Å². The zero-order valence-corrected chi connectivity index (χ0v) is 37.8. The molecule has 3 N–H and O–H groups in total. The van der Waals surface area contributed by atoms with Crippen LogP contribution in [0.1, 0.15) is 54.7 Å². The Kier molecular flexibility index (Phi) is 16.0. The van der Waals surface area contributed by atoms with Crippen molar-refractivity contribution >= 4 is 63.4 Å². The molecule has 6 heterocycles. The molecule has 334 valence electrons. The maximum absolute atomic E-state index is 13.3. The highest BCUT2D eigenvalue weighted by Crippen LogP contribution is 2.24. The number of nitrogens with one attached hydrogen (secondary N) is 3. The lowest BCUT2D eigenvalue weighted by Crippen LogP contribution is -2.47. The minimum absolute atomic E-state index is 0.223. The Hall–Kier alpha value is -4.52. The molecule has 4 aliphatic rings. The molecule has 0 radical (unpaired) electrons. The predicted molar refractivity (Wildman–Crippen MR) is 235 cm³/mol. The van der Waals surface area contributed by atoms with Gasteiger partial charge in [0.25, 0.3) is 0 Å². The predicted octanol–water partition coefficient (Wildman–Crippen LogP) is 3.37. The number of rotatable bonds is 4. The van der Waals surface area contributed by atoms with Crippen molar-refractivity contribution in [2.75, 3.05) is 68.8 Å². The van der Waals surface area contributed by atoms with E-state index in [1.54, 1.807) is 56.7 Å². The molecule has 4 aromatic rings. The number of pyridine rings is 1. The highest BCUT2D eigenvalue weighted by molar-refractivity contribution is 7.93. The first-order valence-corrected chi connectivity index (χ1v) is 25.6. The van der Waals surface area contributed by atoms with E-state index in [9.17, 15) is 38.1 Å². The van der Waals surface area contributed by atoms with Crippen molar-refractivity contribution in [3.8, 4) is 0 Å². The summed E-state index contributed by atoms with van der Waals surface area (Å²) in [6.07, 6.45) is 8.71. The van der Waals surface area contributed by atoms with Gasteiger partial charge in [-0.25, -0.2) is 22.8 Å². The van der Waals surface area contributed by atoms with Gasteiger partial charge in [0.1, 0.15) is 11.6 Å². The van der Waals surface area contributed by atoms with E-state index in [-0.39, 0.29) is 5.75 Å². The average molecular weight is 925 g/mol. The van der Waals surface area contributed by atoms with Gasteiger partial charge in [0.2, 0.25) is 10.0 Å². The van der Waals surface area contributed by atoms with E-state index in [0.717, 1.165) is 42.6 Å². The largest absolute Gasteiger partial charge is 0.301 e. The number of sulfonamides is 1. The maximum Gasteiger partial charge on any atom is 0.301 e. The molecule has 4 fully saturated rings. The van der Waals surface area contributed by atoms with Gasteiger partial charge < -0.3 is 0 Å². The molecule has 0 spiro atoms. The minimum Gasteiger partial charge on any atom is -0.267 e. The van der Waals surface area contributed by atoms with Crippen LogP contribution in [0, 0.1) is 33.5 Å². The van der Waals surface area contributed by atoms with Gasteiger partial charge in [0.05, 0.1) is 47.1 Å². The Morgan fingerprint density at radius 3 is 1.44 bits per heavy atom. The Morgan fingerprint density at radius 2 is 0.967 bits per heavy atom. The number of nitrogens with zero attached hydrogens (tertiary/aromatic N) is 7. The second-order valence-corrected chi connectivity index (χ2v) is 21.5. The van der Waals surface area contributed by atoms with Crippen LogP contribution in [0.3, 0.4) is 0 Å². The first kappa shape index (κ1) is 47.5. The fraction of sp³-hybridized carbons (Fsp3) is 0.447. The number of hydrogen-bond donors (Lipinski definition) is 3. The summed E-state index contributed by atoms with van der Waals surface area (Å²) in [5.41, 5.74) is 4.80. The molecule has 61 heavy (non-hydrogen) atoms. The molecule has 23 heteroatoms. The van der Waals surface area contributed by atoms with E-state index < -0.39 is 46.5 Å². The molecule has 0 amide bonds. The molecule has 0 bridgehead atoms. The molecule has 0 atom stereocenters. The second-order valence-electron chi connectivity index (χ2n) is 14.5. The summed E-state index contributed by atoms with van der Waals surface area (Å²) in [5.74, 6) is 0.479. The maximum atomic E-state index is 13.3. The van der Waals surface area contributed by atoms with Crippen molar-refractivity contribution in [2.24, 2.45) is 0 Å². The molecule has 0 saturated carbocycles. The van der Waals surface area contributed by atoms with Crippen molar-refractivity contribution in [1.29, 1.82) is 0 Å². The summed E-state index contributed by atoms with van der Waals surface area (Å²) in [4.78, 5) is 12.1. The molecular formula is C38H53FN10O8S4. The third-order valence-electron chi connectivity index (χ3n) is 9.69. The van der Waals surface area contributed by atoms with Gasteiger partial charge in [-0.05, 0) is 102 Å². The quantitative estimate of drug-likeness (QED) is 0.269. The Labute approximate surface area is 359 Å². The van der Waals surface area contributed by atoms with Crippen molar-refractivity contribution in [3.05, 3.63) is 102 Å². The van der Waals surface area contributed by atoms with E-state index in [1.165, 1.54) is 23.3 Å². The Bertz CT molecular complexity index is 2330. The van der Waals surface area contributed by atoms with Gasteiger partial charge in [-0.1, -0.05) is 23.8 Å². The summed E-state index contributed by atoms with van der Waals surface area (Å²) < 4.78 is 120. The summed E-state index contributed by atoms with van der Waals surface area (Å²) in [6.45, 7) is 10.7. The molecular weight excluding hydrogens is 872 g/mol. The molecule has 4 saturated heterocycles. The van der Waals surface area contributed by atoms with Gasteiger partial charge >= 0.3 is 30.6 Å². The number of aryl methyl sites for hydroxylation is 4. The van der Waals surface area contributed by atoms with Crippen molar-refractivity contribution in [1.82, 2.24) is 29.1 Å². The topological polar surface area (TPSA) is 224 Å². The number of benzene rings is 2. The zero-order chi connectivity index (χ0) is 44.4. The van der Waals surface area contributed by atoms with E-state index in [4.69, 9.17) is 0 Å². The molecule has 18 nitrogen and oxygen atoms in total. The molecule has 2 aromatic heterocycles. The monoisotopic (exact) mass is 924 g/mol. The van der Waals surface area contributed by atoms with Crippen LogP contribution in [-0.2, 0) is 40.7 Å². The van der Waals surface area contributed by atoms with Crippen LogP contribution in [0.2, 0.25) is 0 Å². The molecule has 0 unspecified atom stereocenters. The highest BCUT2D eigenvalue weighted by atomic mass is 32.2. The van der Waals surface area contributed by atoms with Crippen LogP contribution in [-0.4, -0.2) is 100 Å².